The Hall–Kier alpha value is -2.91. The molecule has 0 saturated heterocycles. The Morgan fingerprint density at radius 3 is 2.33 bits per heavy atom. The lowest BCUT2D eigenvalue weighted by Gasteiger charge is -2.09. The van der Waals surface area contributed by atoms with Gasteiger partial charge in [-0.1, -0.05) is 54.1 Å². The second kappa shape index (κ2) is 8.65. The maximum Gasteiger partial charge on any atom is 0.224 e. The molecule has 3 aromatic carbocycles. The molecule has 0 aromatic heterocycles. The van der Waals surface area contributed by atoms with Crippen LogP contribution in [-0.2, 0) is 11.2 Å². The van der Waals surface area contributed by atoms with E-state index in [4.69, 9.17) is 11.6 Å². The van der Waals surface area contributed by atoms with Crippen LogP contribution in [0, 0.1) is 6.92 Å². The summed E-state index contributed by atoms with van der Waals surface area (Å²) in [5.41, 5.74) is 5.75. The fraction of sp³-hybridized carbons (Fsp3) is 0.130. The topological polar surface area (TPSA) is 46.2 Å². The van der Waals surface area contributed by atoms with Gasteiger partial charge >= 0.3 is 0 Å². The van der Waals surface area contributed by atoms with Gasteiger partial charge in [-0.3, -0.25) is 9.59 Å². The summed E-state index contributed by atoms with van der Waals surface area (Å²) in [5, 5.41) is 3.64. The molecule has 0 atom stereocenters. The molecule has 1 amide bonds. The van der Waals surface area contributed by atoms with Crippen molar-refractivity contribution in [3.63, 3.8) is 0 Å². The summed E-state index contributed by atoms with van der Waals surface area (Å²) < 4.78 is 0. The summed E-state index contributed by atoms with van der Waals surface area (Å²) in [6, 6.07) is 20.9. The standard InChI is InChI=1S/C23H20ClNO2/c1-16-14-20(24)9-12-22(16)19-7-10-21(11-8-19)25-23(27)13-6-17-2-4-18(15-26)5-3-17/h2-5,7-12,14-15H,6,13H2,1H3,(H,25,27). The van der Waals surface area contributed by atoms with Crippen molar-refractivity contribution in [2.45, 2.75) is 19.8 Å². The number of amides is 1. The molecule has 0 unspecified atom stereocenters. The Labute approximate surface area is 164 Å². The fourth-order valence-corrected chi connectivity index (χ4v) is 3.15. The van der Waals surface area contributed by atoms with E-state index in [1.807, 2.05) is 61.5 Å². The highest BCUT2D eigenvalue weighted by molar-refractivity contribution is 6.30. The second-order valence-electron chi connectivity index (χ2n) is 6.44. The maximum atomic E-state index is 12.2. The molecule has 0 aliphatic carbocycles. The van der Waals surface area contributed by atoms with Crippen LogP contribution in [0.1, 0.15) is 27.9 Å². The third-order valence-electron chi connectivity index (χ3n) is 4.42. The van der Waals surface area contributed by atoms with Gasteiger partial charge < -0.3 is 5.32 Å². The van der Waals surface area contributed by atoms with Gasteiger partial charge in [0.2, 0.25) is 5.91 Å². The molecule has 27 heavy (non-hydrogen) atoms. The van der Waals surface area contributed by atoms with Crippen LogP contribution in [-0.4, -0.2) is 12.2 Å². The Balaban J connectivity index is 1.58. The van der Waals surface area contributed by atoms with Gasteiger partial charge in [-0.2, -0.15) is 0 Å². The van der Waals surface area contributed by atoms with E-state index in [1.165, 1.54) is 0 Å². The lowest BCUT2D eigenvalue weighted by atomic mass is 10.0. The molecule has 4 heteroatoms. The summed E-state index contributed by atoms with van der Waals surface area (Å²) in [6.45, 7) is 2.03. The van der Waals surface area contributed by atoms with Gasteiger partial charge in [0.1, 0.15) is 6.29 Å². The Kier molecular flexibility index (Phi) is 6.05. The molecule has 0 aliphatic rings. The van der Waals surface area contributed by atoms with Crippen LogP contribution >= 0.6 is 11.6 Å². The minimum atomic E-state index is -0.0371. The minimum Gasteiger partial charge on any atom is -0.326 e. The Morgan fingerprint density at radius 1 is 1.00 bits per heavy atom. The average molecular weight is 378 g/mol. The molecule has 0 heterocycles. The molecule has 1 N–H and O–H groups in total. The maximum absolute atomic E-state index is 12.2. The van der Waals surface area contributed by atoms with Gasteiger partial charge in [-0.25, -0.2) is 0 Å². The minimum absolute atomic E-state index is 0.0371. The summed E-state index contributed by atoms with van der Waals surface area (Å²) in [6.07, 6.45) is 1.83. The van der Waals surface area contributed by atoms with Gasteiger partial charge in [0.05, 0.1) is 0 Å². The molecule has 0 bridgehead atoms. The van der Waals surface area contributed by atoms with Crippen molar-refractivity contribution in [3.8, 4) is 11.1 Å². The van der Waals surface area contributed by atoms with Crippen molar-refractivity contribution in [1.82, 2.24) is 0 Å². The number of carbonyl (C=O) groups excluding carboxylic acids is 2. The van der Waals surface area contributed by atoms with E-state index in [9.17, 15) is 9.59 Å². The highest BCUT2D eigenvalue weighted by Gasteiger charge is 2.06. The highest BCUT2D eigenvalue weighted by atomic mass is 35.5. The Bertz CT molecular complexity index is 947. The average Bonchev–Trinajstić information content (AvgIpc) is 2.68. The highest BCUT2D eigenvalue weighted by Crippen LogP contribution is 2.27. The van der Waals surface area contributed by atoms with Crippen molar-refractivity contribution in [2.24, 2.45) is 0 Å². The summed E-state index contributed by atoms with van der Waals surface area (Å²) in [7, 11) is 0. The summed E-state index contributed by atoms with van der Waals surface area (Å²) in [5.74, 6) is -0.0371. The van der Waals surface area contributed by atoms with Crippen LogP contribution < -0.4 is 5.32 Å². The first kappa shape index (κ1) is 18.9. The molecule has 0 saturated carbocycles. The van der Waals surface area contributed by atoms with Crippen molar-refractivity contribution >= 4 is 29.5 Å². The monoisotopic (exact) mass is 377 g/mol. The van der Waals surface area contributed by atoms with Crippen molar-refractivity contribution < 1.29 is 9.59 Å². The molecule has 3 rings (SSSR count). The summed E-state index contributed by atoms with van der Waals surface area (Å²) in [4.78, 5) is 22.8. The van der Waals surface area contributed by atoms with Gasteiger partial charge in [0.25, 0.3) is 0 Å². The third-order valence-corrected chi connectivity index (χ3v) is 4.66. The number of hydrogen-bond acceptors (Lipinski definition) is 2. The van der Waals surface area contributed by atoms with Gasteiger partial charge in [-0.05, 0) is 59.9 Å². The number of carbonyl (C=O) groups is 2. The van der Waals surface area contributed by atoms with E-state index in [-0.39, 0.29) is 5.91 Å². The zero-order chi connectivity index (χ0) is 19.2. The first-order valence-corrected chi connectivity index (χ1v) is 9.13. The van der Waals surface area contributed by atoms with Gasteiger partial charge in [0, 0.05) is 22.7 Å². The van der Waals surface area contributed by atoms with E-state index in [0.717, 1.165) is 39.2 Å². The van der Waals surface area contributed by atoms with Crippen molar-refractivity contribution in [1.29, 1.82) is 0 Å². The molecule has 136 valence electrons. The molecule has 0 radical (unpaired) electrons. The smallest absolute Gasteiger partial charge is 0.224 e. The van der Waals surface area contributed by atoms with Crippen LogP contribution in [0.25, 0.3) is 11.1 Å². The second-order valence-corrected chi connectivity index (χ2v) is 6.88. The molecule has 3 aromatic rings. The molecule has 0 aliphatic heterocycles. The molecule has 3 nitrogen and oxygen atoms in total. The van der Waals surface area contributed by atoms with Crippen LogP contribution in [0.3, 0.4) is 0 Å². The van der Waals surface area contributed by atoms with Gasteiger partial charge in [-0.15, -0.1) is 0 Å². The molecular weight excluding hydrogens is 358 g/mol. The number of benzene rings is 3. The first-order valence-electron chi connectivity index (χ1n) is 8.76. The quantitative estimate of drug-likeness (QED) is 0.560. The van der Waals surface area contributed by atoms with E-state index in [2.05, 4.69) is 5.32 Å². The lowest BCUT2D eigenvalue weighted by Crippen LogP contribution is -2.12. The Morgan fingerprint density at radius 2 is 1.70 bits per heavy atom. The van der Waals surface area contributed by atoms with Crippen LogP contribution in [0.5, 0.6) is 0 Å². The SMILES string of the molecule is Cc1cc(Cl)ccc1-c1ccc(NC(=O)CCc2ccc(C=O)cc2)cc1. The lowest BCUT2D eigenvalue weighted by molar-refractivity contribution is -0.116. The molecule has 0 spiro atoms. The largest absolute Gasteiger partial charge is 0.326 e. The normalized spacial score (nSPS) is 10.4. The number of aryl methyl sites for hydroxylation is 2. The number of aldehydes is 1. The first-order chi connectivity index (χ1) is 13.0. The van der Waals surface area contributed by atoms with Crippen molar-refractivity contribution in [2.75, 3.05) is 5.32 Å². The third kappa shape index (κ3) is 5.05. The summed E-state index contributed by atoms with van der Waals surface area (Å²) >= 11 is 6.01. The fourth-order valence-electron chi connectivity index (χ4n) is 2.93. The number of rotatable bonds is 6. The van der Waals surface area contributed by atoms with E-state index < -0.39 is 0 Å². The predicted octanol–water partition coefficient (Wildman–Crippen LogP) is 5.70. The van der Waals surface area contributed by atoms with Crippen molar-refractivity contribution in [3.05, 3.63) is 88.4 Å². The number of hydrogen-bond donors (Lipinski definition) is 1. The predicted molar refractivity (Wildman–Crippen MR) is 110 cm³/mol. The number of halogens is 1. The molecule has 0 fully saturated rings. The van der Waals surface area contributed by atoms with E-state index in [0.29, 0.717) is 18.4 Å². The van der Waals surface area contributed by atoms with E-state index in [1.54, 1.807) is 12.1 Å². The zero-order valence-electron chi connectivity index (χ0n) is 15.0. The number of nitrogens with one attached hydrogen (secondary N) is 1. The van der Waals surface area contributed by atoms with Gasteiger partial charge in [0.15, 0.2) is 0 Å². The molecular formula is C23H20ClNO2. The number of anilines is 1. The zero-order valence-corrected chi connectivity index (χ0v) is 15.8. The van der Waals surface area contributed by atoms with Crippen LogP contribution in [0.15, 0.2) is 66.7 Å². The van der Waals surface area contributed by atoms with Crippen LogP contribution in [0.4, 0.5) is 5.69 Å². The van der Waals surface area contributed by atoms with Crippen LogP contribution in [0.2, 0.25) is 5.02 Å². The van der Waals surface area contributed by atoms with E-state index >= 15 is 0 Å².